The minimum atomic E-state index is -0.162. The molecule has 0 fully saturated rings. The molecule has 1 aromatic carbocycles. The lowest BCUT2D eigenvalue weighted by Gasteiger charge is -2.22. The fraction of sp³-hybridized carbons (Fsp3) is 0.647. The van der Waals surface area contributed by atoms with E-state index in [1.54, 1.807) is 0 Å². The maximum Gasteiger partial charge on any atom is 0.123 e. The summed E-state index contributed by atoms with van der Waals surface area (Å²) in [6.07, 6.45) is 6.46. The summed E-state index contributed by atoms with van der Waals surface area (Å²) < 4.78 is 12.9. The van der Waals surface area contributed by atoms with Gasteiger partial charge in [0, 0.05) is 16.7 Å². The molecule has 0 aliphatic carbocycles. The molecule has 1 N–H and O–H groups in total. The Bertz CT molecular complexity index is 353. The smallest absolute Gasteiger partial charge is 0.123 e. The van der Waals surface area contributed by atoms with Crippen LogP contribution in [0.4, 0.5) is 4.39 Å². The first-order valence-corrected chi connectivity index (χ1v) is 8.73. The number of halogens is 1. The molecular formula is C17H28FNS. The van der Waals surface area contributed by atoms with Crippen molar-refractivity contribution in [2.45, 2.75) is 56.9 Å². The van der Waals surface area contributed by atoms with E-state index in [9.17, 15) is 4.39 Å². The van der Waals surface area contributed by atoms with E-state index in [2.05, 4.69) is 19.2 Å². The van der Waals surface area contributed by atoms with Gasteiger partial charge in [-0.15, -0.1) is 11.8 Å². The maximum absolute atomic E-state index is 12.9. The van der Waals surface area contributed by atoms with E-state index in [4.69, 9.17) is 0 Å². The van der Waals surface area contributed by atoms with Crippen LogP contribution in [0.5, 0.6) is 0 Å². The SMILES string of the molecule is CCCCC(CC)CC(CSc1ccc(F)cc1)NC. The molecule has 1 rings (SSSR count). The summed E-state index contributed by atoms with van der Waals surface area (Å²) >= 11 is 1.81. The molecular weight excluding hydrogens is 269 g/mol. The summed E-state index contributed by atoms with van der Waals surface area (Å²) in [4.78, 5) is 1.15. The molecule has 114 valence electrons. The molecule has 20 heavy (non-hydrogen) atoms. The second-order valence-corrected chi connectivity index (χ2v) is 6.50. The molecule has 0 saturated carbocycles. The van der Waals surface area contributed by atoms with Gasteiger partial charge < -0.3 is 5.32 Å². The molecule has 1 nitrogen and oxygen atoms in total. The molecule has 2 atom stereocenters. The fourth-order valence-electron chi connectivity index (χ4n) is 2.38. The summed E-state index contributed by atoms with van der Waals surface area (Å²) in [5, 5.41) is 3.43. The van der Waals surface area contributed by atoms with Crippen LogP contribution in [0.15, 0.2) is 29.2 Å². The lowest BCUT2D eigenvalue weighted by Crippen LogP contribution is -2.30. The van der Waals surface area contributed by atoms with E-state index in [1.165, 1.54) is 44.2 Å². The summed E-state index contributed by atoms with van der Waals surface area (Å²) in [6.45, 7) is 4.55. The lowest BCUT2D eigenvalue weighted by molar-refractivity contribution is 0.375. The number of unbranched alkanes of at least 4 members (excludes halogenated alkanes) is 1. The van der Waals surface area contributed by atoms with E-state index in [0.717, 1.165) is 16.6 Å². The van der Waals surface area contributed by atoms with Crippen molar-refractivity contribution in [3.8, 4) is 0 Å². The molecule has 0 aliphatic heterocycles. The number of hydrogen-bond donors (Lipinski definition) is 1. The zero-order chi connectivity index (χ0) is 14.8. The van der Waals surface area contributed by atoms with E-state index in [1.807, 2.05) is 30.9 Å². The van der Waals surface area contributed by atoms with Crippen molar-refractivity contribution in [3.63, 3.8) is 0 Å². The van der Waals surface area contributed by atoms with Crippen LogP contribution in [0, 0.1) is 11.7 Å². The van der Waals surface area contributed by atoms with Crippen molar-refractivity contribution in [1.29, 1.82) is 0 Å². The summed E-state index contributed by atoms with van der Waals surface area (Å²) in [5.41, 5.74) is 0. The molecule has 0 bridgehead atoms. The van der Waals surface area contributed by atoms with Crippen LogP contribution in [0.25, 0.3) is 0 Å². The van der Waals surface area contributed by atoms with Crippen LogP contribution < -0.4 is 5.32 Å². The van der Waals surface area contributed by atoms with Gasteiger partial charge in [0.15, 0.2) is 0 Å². The van der Waals surface area contributed by atoms with E-state index in [-0.39, 0.29) is 5.82 Å². The van der Waals surface area contributed by atoms with Gasteiger partial charge in [-0.25, -0.2) is 4.39 Å². The number of rotatable bonds is 10. The molecule has 3 heteroatoms. The van der Waals surface area contributed by atoms with Crippen LogP contribution in [-0.2, 0) is 0 Å². The quantitative estimate of drug-likeness (QED) is 0.602. The van der Waals surface area contributed by atoms with Gasteiger partial charge in [0.1, 0.15) is 5.82 Å². The topological polar surface area (TPSA) is 12.0 Å². The largest absolute Gasteiger partial charge is 0.316 e. The summed E-state index contributed by atoms with van der Waals surface area (Å²) in [5.74, 6) is 1.71. The average molecular weight is 297 g/mol. The second-order valence-electron chi connectivity index (χ2n) is 5.40. The number of hydrogen-bond acceptors (Lipinski definition) is 2. The Morgan fingerprint density at radius 1 is 1.20 bits per heavy atom. The van der Waals surface area contributed by atoms with Gasteiger partial charge in [-0.2, -0.15) is 0 Å². The van der Waals surface area contributed by atoms with Gasteiger partial charge in [0.2, 0.25) is 0 Å². The average Bonchev–Trinajstić information content (AvgIpc) is 2.48. The first-order chi connectivity index (χ1) is 9.69. The third kappa shape index (κ3) is 6.76. The molecule has 0 amide bonds. The Morgan fingerprint density at radius 3 is 2.45 bits per heavy atom. The van der Waals surface area contributed by atoms with Gasteiger partial charge in [0.05, 0.1) is 0 Å². The molecule has 1 aromatic rings. The van der Waals surface area contributed by atoms with Crippen molar-refractivity contribution < 1.29 is 4.39 Å². The third-order valence-corrected chi connectivity index (χ3v) is 5.01. The minimum Gasteiger partial charge on any atom is -0.316 e. The molecule has 0 heterocycles. The molecule has 0 saturated heterocycles. The van der Waals surface area contributed by atoms with Crippen molar-refractivity contribution in [2.75, 3.05) is 12.8 Å². The Morgan fingerprint density at radius 2 is 1.90 bits per heavy atom. The van der Waals surface area contributed by atoms with Gasteiger partial charge in [-0.1, -0.05) is 39.5 Å². The van der Waals surface area contributed by atoms with E-state index < -0.39 is 0 Å². The normalized spacial score (nSPS) is 14.2. The number of thioether (sulfide) groups is 1. The standard InChI is InChI=1S/C17H28FNS/c1-4-6-7-14(5-2)12-16(19-3)13-20-17-10-8-15(18)9-11-17/h8-11,14,16,19H,4-7,12-13H2,1-3H3. The Labute approximate surface area is 127 Å². The number of nitrogens with one attached hydrogen (secondary N) is 1. The lowest BCUT2D eigenvalue weighted by atomic mass is 9.93. The van der Waals surface area contributed by atoms with Crippen molar-refractivity contribution in [1.82, 2.24) is 5.32 Å². The summed E-state index contributed by atoms with van der Waals surface area (Å²) in [6, 6.07) is 7.33. The highest BCUT2D eigenvalue weighted by molar-refractivity contribution is 7.99. The molecule has 0 spiro atoms. The van der Waals surface area contributed by atoms with E-state index >= 15 is 0 Å². The van der Waals surface area contributed by atoms with Crippen molar-refractivity contribution in [2.24, 2.45) is 5.92 Å². The Hall–Kier alpha value is -0.540. The van der Waals surface area contributed by atoms with Gasteiger partial charge in [-0.3, -0.25) is 0 Å². The Kier molecular flexibility index (Phi) is 8.95. The van der Waals surface area contributed by atoms with Gasteiger partial charge >= 0.3 is 0 Å². The highest BCUT2D eigenvalue weighted by Crippen LogP contribution is 2.24. The van der Waals surface area contributed by atoms with Crippen LogP contribution in [0.1, 0.15) is 46.0 Å². The highest BCUT2D eigenvalue weighted by Gasteiger charge is 2.14. The maximum atomic E-state index is 12.9. The van der Waals surface area contributed by atoms with Gasteiger partial charge in [0.25, 0.3) is 0 Å². The highest BCUT2D eigenvalue weighted by atomic mass is 32.2. The van der Waals surface area contributed by atoms with Crippen LogP contribution in [-0.4, -0.2) is 18.8 Å². The first-order valence-electron chi connectivity index (χ1n) is 7.75. The minimum absolute atomic E-state index is 0.162. The predicted octanol–water partition coefficient (Wildman–Crippen LogP) is 5.11. The second kappa shape index (κ2) is 10.2. The Balaban J connectivity index is 2.39. The molecule has 0 aliphatic rings. The molecule has 0 aromatic heterocycles. The predicted molar refractivity (Wildman–Crippen MR) is 87.9 cm³/mol. The van der Waals surface area contributed by atoms with Gasteiger partial charge in [-0.05, 0) is 43.7 Å². The third-order valence-electron chi connectivity index (χ3n) is 3.83. The van der Waals surface area contributed by atoms with Crippen molar-refractivity contribution >= 4 is 11.8 Å². The van der Waals surface area contributed by atoms with Crippen molar-refractivity contribution in [3.05, 3.63) is 30.1 Å². The van der Waals surface area contributed by atoms with Crippen LogP contribution >= 0.6 is 11.8 Å². The molecule has 0 radical (unpaired) electrons. The monoisotopic (exact) mass is 297 g/mol. The zero-order valence-electron chi connectivity index (χ0n) is 13.0. The van der Waals surface area contributed by atoms with Crippen LogP contribution in [0.2, 0.25) is 0 Å². The number of benzene rings is 1. The van der Waals surface area contributed by atoms with E-state index in [0.29, 0.717) is 6.04 Å². The first kappa shape index (κ1) is 17.5. The fourth-order valence-corrected chi connectivity index (χ4v) is 3.41. The zero-order valence-corrected chi connectivity index (χ0v) is 13.8. The molecule has 2 unspecified atom stereocenters. The van der Waals surface area contributed by atoms with Crippen LogP contribution in [0.3, 0.4) is 0 Å². The summed E-state index contributed by atoms with van der Waals surface area (Å²) in [7, 11) is 2.04.